The number of carbonyl (C=O) groups is 2. The molecule has 4 rings (SSSR count). The number of nitrogens with zero attached hydrogens (tertiary/aromatic N) is 5. The second kappa shape index (κ2) is 6.74. The van der Waals surface area contributed by atoms with Gasteiger partial charge in [0.05, 0.1) is 0 Å². The first-order valence-electron chi connectivity index (χ1n) is 8.90. The standard InChI is InChI=1S/C18H21N5O2/c24-16(14-7-1-3-9-19-14)13-6-5-10-22(12-13)18(25)17-21-20-15-8-2-4-11-23(15)17/h1,3,7,9,13H,2,4-6,8,10-12H2/t13-/m1/s1. The van der Waals surface area contributed by atoms with Gasteiger partial charge in [-0.15, -0.1) is 10.2 Å². The largest absolute Gasteiger partial charge is 0.335 e. The summed E-state index contributed by atoms with van der Waals surface area (Å²) in [5.74, 6) is 1.02. The number of aryl methyl sites for hydroxylation is 1. The highest BCUT2D eigenvalue weighted by Gasteiger charge is 2.32. The third-order valence-electron chi connectivity index (χ3n) is 5.05. The second-order valence-corrected chi connectivity index (χ2v) is 6.72. The van der Waals surface area contributed by atoms with Gasteiger partial charge in [-0.3, -0.25) is 14.6 Å². The fraction of sp³-hybridized carbons (Fsp3) is 0.500. The molecular formula is C18H21N5O2. The number of rotatable bonds is 3. The number of amides is 1. The number of piperidine rings is 1. The van der Waals surface area contributed by atoms with E-state index in [1.807, 2.05) is 10.6 Å². The number of likely N-dealkylation sites (tertiary alicyclic amines) is 1. The number of aromatic nitrogens is 4. The second-order valence-electron chi connectivity index (χ2n) is 6.72. The van der Waals surface area contributed by atoms with Crippen LogP contribution in [0.25, 0.3) is 0 Å². The van der Waals surface area contributed by atoms with Crippen LogP contribution in [0, 0.1) is 5.92 Å². The molecule has 0 aliphatic carbocycles. The zero-order valence-electron chi connectivity index (χ0n) is 14.1. The molecule has 2 aliphatic rings. The van der Waals surface area contributed by atoms with Crippen LogP contribution < -0.4 is 0 Å². The van der Waals surface area contributed by atoms with E-state index >= 15 is 0 Å². The van der Waals surface area contributed by atoms with Crippen molar-refractivity contribution in [2.24, 2.45) is 5.92 Å². The maximum absolute atomic E-state index is 12.9. The minimum absolute atomic E-state index is 0.0152. The van der Waals surface area contributed by atoms with Crippen molar-refractivity contribution in [3.8, 4) is 0 Å². The first kappa shape index (κ1) is 15.9. The fourth-order valence-corrected chi connectivity index (χ4v) is 3.70. The topological polar surface area (TPSA) is 81.0 Å². The normalized spacial score (nSPS) is 20.2. The molecule has 1 saturated heterocycles. The summed E-state index contributed by atoms with van der Waals surface area (Å²) in [4.78, 5) is 31.5. The predicted octanol–water partition coefficient (Wildman–Crippen LogP) is 1.74. The van der Waals surface area contributed by atoms with Crippen molar-refractivity contribution in [3.05, 3.63) is 41.7 Å². The van der Waals surface area contributed by atoms with E-state index in [1.54, 1.807) is 23.2 Å². The Hall–Kier alpha value is -2.57. The summed E-state index contributed by atoms with van der Waals surface area (Å²) in [5, 5.41) is 8.29. The summed E-state index contributed by atoms with van der Waals surface area (Å²) in [6.07, 6.45) is 6.25. The number of carbonyl (C=O) groups excluding carboxylic acids is 2. The first-order chi connectivity index (χ1) is 12.2. The average Bonchev–Trinajstić information content (AvgIpc) is 3.12. The van der Waals surface area contributed by atoms with Gasteiger partial charge in [0.25, 0.3) is 5.91 Å². The van der Waals surface area contributed by atoms with E-state index in [9.17, 15) is 9.59 Å². The Balaban J connectivity index is 1.50. The molecule has 7 heteroatoms. The molecule has 0 N–H and O–H groups in total. The number of ketones is 1. The molecule has 2 aromatic rings. The summed E-state index contributed by atoms with van der Waals surface area (Å²) in [7, 11) is 0. The molecule has 25 heavy (non-hydrogen) atoms. The highest BCUT2D eigenvalue weighted by atomic mass is 16.2. The van der Waals surface area contributed by atoms with Crippen LogP contribution in [0.2, 0.25) is 0 Å². The summed E-state index contributed by atoms with van der Waals surface area (Å²) in [6, 6.07) is 5.34. The molecule has 1 fully saturated rings. The Kier molecular flexibility index (Phi) is 4.29. The summed E-state index contributed by atoms with van der Waals surface area (Å²) < 4.78 is 1.94. The van der Waals surface area contributed by atoms with Gasteiger partial charge in [0.1, 0.15) is 11.5 Å². The van der Waals surface area contributed by atoms with Crippen LogP contribution in [0.4, 0.5) is 0 Å². The van der Waals surface area contributed by atoms with E-state index in [-0.39, 0.29) is 17.6 Å². The monoisotopic (exact) mass is 339 g/mol. The molecular weight excluding hydrogens is 318 g/mol. The quantitative estimate of drug-likeness (QED) is 0.796. The molecule has 130 valence electrons. The fourth-order valence-electron chi connectivity index (χ4n) is 3.70. The van der Waals surface area contributed by atoms with E-state index in [1.165, 1.54) is 0 Å². The van der Waals surface area contributed by atoms with Crippen molar-refractivity contribution in [1.82, 2.24) is 24.6 Å². The molecule has 1 amide bonds. The smallest absolute Gasteiger partial charge is 0.291 e. The molecule has 0 unspecified atom stereocenters. The van der Waals surface area contributed by atoms with Gasteiger partial charge < -0.3 is 9.47 Å². The van der Waals surface area contributed by atoms with E-state index < -0.39 is 0 Å². The number of pyridine rings is 1. The van der Waals surface area contributed by atoms with Crippen LogP contribution in [-0.2, 0) is 13.0 Å². The Morgan fingerprint density at radius 2 is 2.00 bits per heavy atom. The minimum Gasteiger partial charge on any atom is -0.335 e. The van der Waals surface area contributed by atoms with Crippen molar-refractivity contribution in [3.63, 3.8) is 0 Å². The van der Waals surface area contributed by atoms with Crippen molar-refractivity contribution in [2.75, 3.05) is 13.1 Å². The van der Waals surface area contributed by atoms with Crippen LogP contribution in [0.15, 0.2) is 24.4 Å². The van der Waals surface area contributed by atoms with Crippen molar-refractivity contribution >= 4 is 11.7 Å². The number of hydrogen-bond donors (Lipinski definition) is 0. The molecule has 1 atom stereocenters. The Labute approximate surface area is 146 Å². The third-order valence-corrected chi connectivity index (χ3v) is 5.05. The molecule has 0 radical (unpaired) electrons. The Bertz CT molecular complexity index is 786. The molecule has 4 heterocycles. The molecule has 2 aromatic heterocycles. The minimum atomic E-state index is -0.198. The van der Waals surface area contributed by atoms with Gasteiger partial charge in [0.2, 0.25) is 5.82 Å². The molecule has 7 nitrogen and oxygen atoms in total. The SMILES string of the molecule is O=C(c1ccccn1)[C@@H]1CCCN(C(=O)c2nnc3n2CCCC3)C1. The number of fused-ring (bicyclic) bond motifs is 1. The zero-order valence-corrected chi connectivity index (χ0v) is 14.1. The Morgan fingerprint density at radius 1 is 1.08 bits per heavy atom. The summed E-state index contributed by atoms with van der Waals surface area (Å²) in [5.41, 5.74) is 0.474. The van der Waals surface area contributed by atoms with Crippen molar-refractivity contribution in [1.29, 1.82) is 0 Å². The van der Waals surface area contributed by atoms with E-state index in [4.69, 9.17) is 0 Å². The molecule has 0 bridgehead atoms. The third kappa shape index (κ3) is 3.06. The van der Waals surface area contributed by atoms with Crippen molar-refractivity contribution in [2.45, 2.75) is 38.6 Å². The lowest BCUT2D eigenvalue weighted by molar-refractivity contribution is 0.0620. The average molecular weight is 339 g/mol. The van der Waals surface area contributed by atoms with Gasteiger partial charge >= 0.3 is 0 Å². The van der Waals surface area contributed by atoms with Crippen LogP contribution in [0.3, 0.4) is 0 Å². The first-order valence-corrected chi connectivity index (χ1v) is 8.90. The highest BCUT2D eigenvalue weighted by molar-refractivity contribution is 5.97. The lowest BCUT2D eigenvalue weighted by atomic mass is 9.92. The number of Topliss-reactive ketones (excluding diaryl/α,β-unsaturated/α-hetero) is 1. The lowest BCUT2D eigenvalue weighted by Gasteiger charge is -2.31. The van der Waals surface area contributed by atoms with E-state index in [0.717, 1.165) is 44.5 Å². The lowest BCUT2D eigenvalue weighted by Crippen LogP contribution is -2.43. The van der Waals surface area contributed by atoms with Crippen LogP contribution in [0.1, 0.15) is 52.6 Å². The maximum atomic E-state index is 12.9. The van der Waals surface area contributed by atoms with Gasteiger partial charge in [0, 0.05) is 38.2 Å². The van der Waals surface area contributed by atoms with Gasteiger partial charge in [-0.25, -0.2) is 0 Å². The molecule has 0 aromatic carbocycles. The molecule has 2 aliphatic heterocycles. The highest BCUT2D eigenvalue weighted by Crippen LogP contribution is 2.22. The van der Waals surface area contributed by atoms with Crippen LogP contribution in [-0.4, -0.2) is 49.4 Å². The van der Waals surface area contributed by atoms with E-state index in [2.05, 4.69) is 15.2 Å². The van der Waals surface area contributed by atoms with Crippen molar-refractivity contribution < 1.29 is 9.59 Å². The van der Waals surface area contributed by atoms with Crippen LogP contribution in [0.5, 0.6) is 0 Å². The zero-order chi connectivity index (χ0) is 17.2. The maximum Gasteiger partial charge on any atom is 0.291 e. The van der Waals surface area contributed by atoms with Gasteiger partial charge in [0.15, 0.2) is 5.78 Å². The van der Waals surface area contributed by atoms with Gasteiger partial charge in [-0.1, -0.05) is 6.07 Å². The van der Waals surface area contributed by atoms with Gasteiger partial charge in [-0.05, 0) is 37.8 Å². The van der Waals surface area contributed by atoms with E-state index in [0.29, 0.717) is 24.6 Å². The predicted molar refractivity (Wildman–Crippen MR) is 90.2 cm³/mol. The Morgan fingerprint density at radius 3 is 2.84 bits per heavy atom. The van der Waals surface area contributed by atoms with Crippen LogP contribution >= 0.6 is 0 Å². The number of hydrogen-bond acceptors (Lipinski definition) is 5. The molecule has 0 spiro atoms. The molecule has 0 saturated carbocycles. The summed E-state index contributed by atoms with van der Waals surface area (Å²) in [6.45, 7) is 1.89. The van der Waals surface area contributed by atoms with Gasteiger partial charge in [-0.2, -0.15) is 0 Å². The summed E-state index contributed by atoms with van der Waals surface area (Å²) >= 11 is 0.